The summed E-state index contributed by atoms with van der Waals surface area (Å²) in [6.07, 6.45) is 1.25. The van der Waals surface area contributed by atoms with E-state index in [0.717, 1.165) is 0 Å². The largest absolute Gasteiger partial charge is 0.478 e. The standard InChI is InChI=1S/C13H12FN3O2/c1-7-9(14)3-2-4-11(7)17-12-5-8(13(18)19)10(15)6-16-12/h2-6H,15H2,1H3,(H,16,17)(H,18,19). The summed E-state index contributed by atoms with van der Waals surface area (Å²) in [5, 5.41) is 11.8. The number of carboxylic acid groups (broad SMARTS) is 1. The van der Waals surface area contributed by atoms with Gasteiger partial charge in [0, 0.05) is 11.3 Å². The number of nitrogens with zero attached hydrogens (tertiary/aromatic N) is 1. The molecule has 19 heavy (non-hydrogen) atoms. The molecule has 0 atom stereocenters. The van der Waals surface area contributed by atoms with E-state index in [0.29, 0.717) is 17.1 Å². The molecule has 5 nitrogen and oxygen atoms in total. The van der Waals surface area contributed by atoms with Crippen molar-refractivity contribution in [1.82, 2.24) is 4.98 Å². The van der Waals surface area contributed by atoms with Crippen LogP contribution in [0.25, 0.3) is 0 Å². The van der Waals surface area contributed by atoms with Crippen LogP contribution >= 0.6 is 0 Å². The number of aromatic carboxylic acids is 1. The van der Waals surface area contributed by atoms with Crippen LogP contribution in [-0.2, 0) is 0 Å². The van der Waals surface area contributed by atoms with Crippen molar-refractivity contribution in [3.8, 4) is 0 Å². The van der Waals surface area contributed by atoms with E-state index in [1.165, 1.54) is 18.3 Å². The Balaban J connectivity index is 2.36. The van der Waals surface area contributed by atoms with Crippen LogP contribution < -0.4 is 11.1 Å². The van der Waals surface area contributed by atoms with E-state index in [9.17, 15) is 9.18 Å². The molecule has 0 aliphatic rings. The van der Waals surface area contributed by atoms with Gasteiger partial charge in [0.25, 0.3) is 0 Å². The van der Waals surface area contributed by atoms with Gasteiger partial charge < -0.3 is 16.2 Å². The third kappa shape index (κ3) is 2.62. The van der Waals surface area contributed by atoms with E-state index in [-0.39, 0.29) is 17.1 Å². The van der Waals surface area contributed by atoms with Crippen LogP contribution in [-0.4, -0.2) is 16.1 Å². The number of halogens is 1. The van der Waals surface area contributed by atoms with Crippen molar-refractivity contribution in [3.63, 3.8) is 0 Å². The molecule has 2 aromatic rings. The topological polar surface area (TPSA) is 88.2 Å². The van der Waals surface area contributed by atoms with Gasteiger partial charge in [-0.05, 0) is 25.1 Å². The fraction of sp³-hybridized carbons (Fsp3) is 0.0769. The SMILES string of the molecule is Cc1c(F)cccc1Nc1cc(C(=O)O)c(N)cn1. The van der Waals surface area contributed by atoms with E-state index >= 15 is 0 Å². The maximum Gasteiger partial charge on any atom is 0.337 e. The Morgan fingerprint density at radius 1 is 1.47 bits per heavy atom. The Morgan fingerprint density at radius 2 is 2.21 bits per heavy atom. The van der Waals surface area contributed by atoms with Crippen LogP contribution in [0.2, 0.25) is 0 Å². The number of carbonyl (C=O) groups is 1. The van der Waals surface area contributed by atoms with Crippen molar-refractivity contribution in [1.29, 1.82) is 0 Å². The molecule has 0 amide bonds. The Hall–Kier alpha value is -2.63. The molecular weight excluding hydrogens is 249 g/mol. The summed E-state index contributed by atoms with van der Waals surface area (Å²) in [4.78, 5) is 14.9. The smallest absolute Gasteiger partial charge is 0.337 e. The molecule has 0 fully saturated rings. The number of nitrogens with one attached hydrogen (secondary N) is 1. The van der Waals surface area contributed by atoms with Gasteiger partial charge in [0.1, 0.15) is 11.6 Å². The first-order valence-electron chi connectivity index (χ1n) is 5.50. The lowest BCUT2D eigenvalue weighted by Gasteiger charge is -2.10. The summed E-state index contributed by atoms with van der Waals surface area (Å²) >= 11 is 0. The molecule has 0 aliphatic carbocycles. The third-order valence-electron chi connectivity index (χ3n) is 2.70. The van der Waals surface area contributed by atoms with Crippen molar-refractivity contribution in [2.24, 2.45) is 0 Å². The summed E-state index contributed by atoms with van der Waals surface area (Å²) < 4.78 is 13.4. The van der Waals surface area contributed by atoms with Crippen molar-refractivity contribution >= 4 is 23.2 Å². The first-order chi connectivity index (χ1) is 8.99. The number of anilines is 3. The summed E-state index contributed by atoms with van der Waals surface area (Å²) in [6, 6.07) is 5.89. The van der Waals surface area contributed by atoms with E-state index in [1.54, 1.807) is 19.1 Å². The molecule has 98 valence electrons. The second-order valence-electron chi connectivity index (χ2n) is 4.00. The van der Waals surface area contributed by atoms with Gasteiger partial charge in [0.2, 0.25) is 0 Å². The van der Waals surface area contributed by atoms with E-state index < -0.39 is 5.97 Å². The van der Waals surface area contributed by atoms with Gasteiger partial charge in [-0.15, -0.1) is 0 Å². The number of benzene rings is 1. The van der Waals surface area contributed by atoms with Crippen molar-refractivity contribution in [2.45, 2.75) is 6.92 Å². The highest BCUT2D eigenvalue weighted by Gasteiger charge is 2.11. The molecule has 2 rings (SSSR count). The van der Waals surface area contributed by atoms with Crippen LogP contribution in [0.4, 0.5) is 21.6 Å². The lowest BCUT2D eigenvalue weighted by molar-refractivity contribution is 0.0698. The minimum atomic E-state index is -1.14. The molecule has 1 heterocycles. The van der Waals surface area contributed by atoms with Crippen LogP contribution in [0.3, 0.4) is 0 Å². The van der Waals surface area contributed by atoms with Gasteiger partial charge in [0.15, 0.2) is 0 Å². The van der Waals surface area contributed by atoms with Gasteiger partial charge in [-0.25, -0.2) is 14.2 Å². The molecule has 1 aromatic heterocycles. The number of hydrogen-bond acceptors (Lipinski definition) is 4. The van der Waals surface area contributed by atoms with Crippen LogP contribution in [0, 0.1) is 12.7 Å². The first-order valence-corrected chi connectivity index (χ1v) is 5.50. The van der Waals surface area contributed by atoms with Gasteiger partial charge >= 0.3 is 5.97 Å². The highest BCUT2D eigenvalue weighted by molar-refractivity contribution is 5.94. The Bertz CT molecular complexity index is 644. The Kier molecular flexibility index (Phi) is 3.33. The zero-order chi connectivity index (χ0) is 14.0. The molecule has 0 saturated heterocycles. The van der Waals surface area contributed by atoms with Gasteiger partial charge in [-0.1, -0.05) is 6.07 Å². The molecule has 0 saturated carbocycles. The molecule has 0 radical (unpaired) electrons. The summed E-state index contributed by atoms with van der Waals surface area (Å²) in [5.74, 6) is -1.20. The fourth-order valence-corrected chi connectivity index (χ4v) is 1.60. The minimum Gasteiger partial charge on any atom is -0.478 e. The highest BCUT2D eigenvalue weighted by atomic mass is 19.1. The Morgan fingerprint density at radius 3 is 2.89 bits per heavy atom. The quantitative estimate of drug-likeness (QED) is 0.790. The number of carboxylic acids is 1. The summed E-state index contributed by atoms with van der Waals surface area (Å²) in [6.45, 7) is 1.62. The highest BCUT2D eigenvalue weighted by Crippen LogP contribution is 2.23. The Labute approximate surface area is 108 Å². The lowest BCUT2D eigenvalue weighted by atomic mass is 10.2. The molecule has 0 unspecified atom stereocenters. The maximum atomic E-state index is 13.4. The maximum absolute atomic E-state index is 13.4. The monoisotopic (exact) mass is 261 g/mol. The van der Waals surface area contributed by atoms with Crippen LogP contribution in [0.15, 0.2) is 30.5 Å². The third-order valence-corrected chi connectivity index (χ3v) is 2.70. The second-order valence-corrected chi connectivity index (χ2v) is 4.00. The van der Waals surface area contributed by atoms with Crippen LogP contribution in [0.5, 0.6) is 0 Å². The zero-order valence-corrected chi connectivity index (χ0v) is 10.1. The molecule has 1 aromatic carbocycles. The predicted molar refractivity (Wildman–Crippen MR) is 70.0 cm³/mol. The number of aromatic nitrogens is 1. The summed E-state index contributed by atoms with van der Waals surface area (Å²) in [7, 11) is 0. The van der Waals surface area contributed by atoms with E-state index in [1.807, 2.05) is 0 Å². The lowest BCUT2D eigenvalue weighted by Crippen LogP contribution is -2.05. The van der Waals surface area contributed by atoms with Crippen molar-refractivity contribution < 1.29 is 14.3 Å². The summed E-state index contributed by atoms with van der Waals surface area (Å²) in [5.41, 5.74) is 6.49. The molecular formula is C13H12FN3O2. The van der Waals surface area contributed by atoms with Gasteiger partial charge in [-0.3, -0.25) is 0 Å². The molecule has 6 heteroatoms. The van der Waals surface area contributed by atoms with E-state index in [4.69, 9.17) is 10.8 Å². The van der Waals surface area contributed by atoms with Gasteiger partial charge in [-0.2, -0.15) is 0 Å². The molecule has 0 aliphatic heterocycles. The average molecular weight is 261 g/mol. The normalized spacial score (nSPS) is 10.2. The minimum absolute atomic E-state index is 0.0495. The molecule has 4 N–H and O–H groups in total. The zero-order valence-electron chi connectivity index (χ0n) is 10.1. The number of hydrogen-bond donors (Lipinski definition) is 3. The number of pyridine rings is 1. The number of nitrogen functional groups attached to an aromatic ring is 1. The number of rotatable bonds is 3. The second kappa shape index (κ2) is 4.93. The van der Waals surface area contributed by atoms with Gasteiger partial charge in [0.05, 0.1) is 17.4 Å². The molecule has 0 spiro atoms. The average Bonchev–Trinajstić information content (AvgIpc) is 2.37. The predicted octanol–water partition coefficient (Wildman–Crippen LogP) is 2.55. The molecule has 0 bridgehead atoms. The van der Waals surface area contributed by atoms with E-state index in [2.05, 4.69) is 10.3 Å². The first kappa shape index (κ1) is 12.8. The van der Waals surface area contributed by atoms with Crippen molar-refractivity contribution in [3.05, 3.63) is 47.4 Å². The fourth-order valence-electron chi connectivity index (χ4n) is 1.60. The van der Waals surface area contributed by atoms with Crippen LogP contribution in [0.1, 0.15) is 15.9 Å². The number of nitrogens with two attached hydrogens (primary N) is 1. The van der Waals surface area contributed by atoms with Crippen molar-refractivity contribution in [2.75, 3.05) is 11.1 Å².